The van der Waals surface area contributed by atoms with Gasteiger partial charge in [0.25, 0.3) is 5.56 Å². The van der Waals surface area contributed by atoms with E-state index in [4.69, 9.17) is 9.47 Å². The lowest BCUT2D eigenvalue weighted by molar-refractivity contribution is -0.147. The Morgan fingerprint density at radius 3 is 2.75 bits per heavy atom. The van der Waals surface area contributed by atoms with Gasteiger partial charge in [0.15, 0.2) is 6.61 Å². The Balaban J connectivity index is 1.64. The molecule has 0 spiro atoms. The standard InChI is InChI=1S/C18H16N2O4/c1-13-6-5-9-20-16(21)10-14(19-18(13)20)11-24-17(22)12-23-15-7-3-2-4-8-15/h2-10H,11-12H2,1H3. The minimum Gasteiger partial charge on any atom is -0.482 e. The summed E-state index contributed by atoms with van der Waals surface area (Å²) in [7, 11) is 0. The monoisotopic (exact) mass is 324 g/mol. The minimum atomic E-state index is -0.523. The molecular weight excluding hydrogens is 308 g/mol. The number of aromatic nitrogens is 2. The molecule has 1 aromatic carbocycles. The summed E-state index contributed by atoms with van der Waals surface area (Å²) >= 11 is 0. The van der Waals surface area contributed by atoms with Gasteiger partial charge in [-0.1, -0.05) is 24.3 Å². The van der Waals surface area contributed by atoms with Crippen LogP contribution in [0.4, 0.5) is 0 Å². The lowest BCUT2D eigenvalue weighted by Gasteiger charge is -2.08. The number of benzene rings is 1. The Hall–Kier alpha value is -3.15. The second-order valence-electron chi connectivity index (χ2n) is 5.23. The zero-order chi connectivity index (χ0) is 16.9. The molecular formula is C18H16N2O4. The third-order valence-corrected chi connectivity index (χ3v) is 3.42. The molecule has 6 nitrogen and oxygen atoms in total. The second-order valence-corrected chi connectivity index (χ2v) is 5.23. The summed E-state index contributed by atoms with van der Waals surface area (Å²) < 4.78 is 11.9. The van der Waals surface area contributed by atoms with Gasteiger partial charge in [0.05, 0.1) is 5.69 Å². The van der Waals surface area contributed by atoms with Crippen LogP contribution in [0.1, 0.15) is 11.3 Å². The number of pyridine rings is 1. The first kappa shape index (κ1) is 15.7. The molecule has 0 aliphatic carbocycles. The molecule has 3 aromatic rings. The summed E-state index contributed by atoms with van der Waals surface area (Å²) in [6.45, 7) is 1.60. The van der Waals surface area contributed by atoms with Crippen molar-refractivity contribution in [3.8, 4) is 5.75 Å². The molecule has 0 fully saturated rings. The van der Waals surface area contributed by atoms with Crippen molar-refractivity contribution in [2.45, 2.75) is 13.5 Å². The van der Waals surface area contributed by atoms with Gasteiger partial charge in [0, 0.05) is 12.3 Å². The number of hydrogen-bond donors (Lipinski definition) is 0. The van der Waals surface area contributed by atoms with E-state index in [1.54, 1.807) is 24.4 Å². The van der Waals surface area contributed by atoms with E-state index in [0.29, 0.717) is 17.1 Å². The Kier molecular flexibility index (Phi) is 4.56. The maximum atomic E-state index is 12.1. The van der Waals surface area contributed by atoms with Gasteiger partial charge in [-0.15, -0.1) is 0 Å². The average Bonchev–Trinajstić information content (AvgIpc) is 2.60. The number of para-hydroxylation sites is 1. The van der Waals surface area contributed by atoms with Gasteiger partial charge in [-0.25, -0.2) is 9.78 Å². The van der Waals surface area contributed by atoms with Crippen molar-refractivity contribution in [3.05, 3.63) is 76.3 Å². The van der Waals surface area contributed by atoms with Crippen molar-refractivity contribution in [1.82, 2.24) is 9.38 Å². The minimum absolute atomic E-state index is 0.0724. The van der Waals surface area contributed by atoms with E-state index in [1.807, 2.05) is 31.2 Å². The fourth-order valence-corrected chi connectivity index (χ4v) is 2.24. The van der Waals surface area contributed by atoms with Gasteiger partial charge in [-0.3, -0.25) is 9.20 Å². The summed E-state index contributed by atoms with van der Waals surface area (Å²) in [6.07, 6.45) is 1.65. The maximum Gasteiger partial charge on any atom is 0.344 e. The smallest absolute Gasteiger partial charge is 0.344 e. The fourth-order valence-electron chi connectivity index (χ4n) is 2.24. The molecule has 6 heteroatoms. The molecule has 24 heavy (non-hydrogen) atoms. The van der Waals surface area contributed by atoms with Crippen LogP contribution in [0.5, 0.6) is 5.75 Å². The topological polar surface area (TPSA) is 69.9 Å². The van der Waals surface area contributed by atoms with E-state index in [2.05, 4.69) is 4.98 Å². The molecule has 0 saturated heterocycles. The average molecular weight is 324 g/mol. The van der Waals surface area contributed by atoms with E-state index in [1.165, 1.54) is 10.5 Å². The molecule has 0 aliphatic rings. The summed E-state index contributed by atoms with van der Waals surface area (Å²) in [6, 6.07) is 14.0. The molecule has 3 rings (SSSR count). The molecule has 0 saturated carbocycles. The van der Waals surface area contributed by atoms with E-state index < -0.39 is 5.97 Å². The van der Waals surface area contributed by atoms with Crippen molar-refractivity contribution < 1.29 is 14.3 Å². The van der Waals surface area contributed by atoms with Crippen molar-refractivity contribution in [3.63, 3.8) is 0 Å². The second kappa shape index (κ2) is 6.95. The van der Waals surface area contributed by atoms with Crippen LogP contribution in [0.25, 0.3) is 5.65 Å². The van der Waals surface area contributed by atoms with Crippen molar-refractivity contribution >= 4 is 11.6 Å². The zero-order valence-corrected chi connectivity index (χ0v) is 13.1. The summed E-state index contributed by atoms with van der Waals surface area (Å²) in [5.74, 6) is 0.0674. The number of rotatable bonds is 5. The number of fused-ring (bicyclic) bond motifs is 1. The predicted molar refractivity (Wildman–Crippen MR) is 87.9 cm³/mol. The van der Waals surface area contributed by atoms with Gasteiger partial charge in [-0.2, -0.15) is 0 Å². The van der Waals surface area contributed by atoms with E-state index in [0.717, 1.165) is 5.56 Å². The highest BCUT2D eigenvalue weighted by Gasteiger charge is 2.08. The highest BCUT2D eigenvalue weighted by molar-refractivity contribution is 5.71. The van der Waals surface area contributed by atoms with Gasteiger partial charge >= 0.3 is 5.97 Å². The van der Waals surface area contributed by atoms with Crippen LogP contribution in [-0.2, 0) is 16.1 Å². The Bertz CT molecular complexity index is 919. The van der Waals surface area contributed by atoms with Crippen molar-refractivity contribution in [2.24, 2.45) is 0 Å². The van der Waals surface area contributed by atoms with Crippen molar-refractivity contribution in [2.75, 3.05) is 6.61 Å². The summed E-state index contributed by atoms with van der Waals surface area (Å²) in [5, 5.41) is 0. The Morgan fingerprint density at radius 1 is 1.17 bits per heavy atom. The molecule has 0 radical (unpaired) electrons. The Morgan fingerprint density at radius 2 is 1.96 bits per heavy atom. The SMILES string of the molecule is Cc1cccn2c(=O)cc(COC(=O)COc3ccccc3)nc12. The van der Waals surface area contributed by atoms with E-state index >= 15 is 0 Å². The van der Waals surface area contributed by atoms with Gasteiger partial charge < -0.3 is 9.47 Å². The summed E-state index contributed by atoms with van der Waals surface area (Å²) in [4.78, 5) is 28.2. The number of hydrogen-bond acceptors (Lipinski definition) is 5. The number of ether oxygens (including phenoxy) is 2. The van der Waals surface area contributed by atoms with Crippen LogP contribution in [0, 0.1) is 6.92 Å². The maximum absolute atomic E-state index is 12.1. The lowest BCUT2D eigenvalue weighted by atomic mass is 10.3. The molecule has 2 aromatic heterocycles. The van der Waals surface area contributed by atoms with Crippen LogP contribution in [0.2, 0.25) is 0 Å². The molecule has 0 unspecified atom stereocenters. The van der Waals surface area contributed by atoms with Crippen molar-refractivity contribution in [1.29, 1.82) is 0 Å². The molecule has 0 N–H and O–H groups in total. The Labute approximate surface area is 138 Å². The van der Waals surface area contributed by atoms with Gasteiger partial charge in [-0.05, 0) is 30.7 Å². The quantitative estimate of drug-likeness (QED) is 0.672. The van der Waals surface area contributed by atoms with E-state index in [9.17, 15) is 9.59 Å². The largest absolute Gasteiger partial charge is 0.482 e. The molecule has 0 aliphatic heterocycles. The lowest BCUT2D eigenvalue weighted by Crippen LogP contribution is -2.19. The first-order chi connectivity index (χ1) is 11.6. The highest BCUT2D eigenvalue weighted by atomic mass is 16.6. The zero-order valence-electron chi connectivity index (χ0n) is 13.1. The summed E-state index contributed by atoms with van der Waals surface area (Å²) in [5.41, 5.74) is 1.62. The number of nitrogens with zero attached hydrogens (tertiary/aromatic N) is 2. The molecule has 2 heterocycles. The predicted octanol–water partition coefficient (Wildman–Crippen LogP) is 2.13. The van der Waals surface area contributed by atoms with Gasteiger partial charge in [0.2, 0.25) is 0 Å². The molecule has 0 atom stereocenters. The number of carbonyl (C=O) groups excluding carboxylic acids is 1. The number of carbonyl (C=O) groups is 1. The molecule has 0 amide bonds. The van der Waals surface area contributed by atoms with Crippen LogP contribution in [-0.4, -0.2) is 22.0 Å². The first-order valence-corrected chi connectivity index (χ1v) is 7.45. The third-order valence-electron chi connectivity index (χ3n) is 3.42. The number of esters is 1. The first-order valence-electron chi connectivity index (χ1n) is 7.45. The number of aryl methyl sites for hydroxylation is 1. The van der Waals surface area contributed by atoms with Crippen LogP contribution < -0.4 is 10.3 Å². The van der Waals surface area contributed by atoms with Crippen LogP contribution in [0.3, 0.4) is 0 Å². The molecule has 122 valence electrons. The van der Waals surface area contributed by atoms with Gasteiger partial charge in [0.1, 0.15) is 18.0 Å². The van der Waals surface area contributed by atoms with Crippen LogP contribution in [0.15, 0.2) is 59.5 Å². The van der Waals surface area contributed by atoms with E-state index in [-0.39, 0.29) is 18.8 Å². The normalized spacial score (nSPS) is 10.5. The molecule has 0 bridgehead atoms. The highest BCUT2D eigenvalue weighted by Crippen LogP contribution is 2.09. The third kappa shape index (κ3) is 3.60. The fraction of sp³-hybridized carbons (Fsp3) is 0.167. The van der Waals surface area contributed by atoms with Crippen LogP contribution >= 0.6 is 0 Å².